The van der Waals surface area contributed by atoms with Crippen LogP contribution in [-0.4, -0.2) is 63.0 Å². The number of anilines is 1. The lowest BCUT2D eigenvalue weighted by Crippen LogP contribution is -2.53. The molecule has 0 radical (unpaired) electrons. The number of aromatic amines is 1. The van der Waals surface area contributed by atoms with Crippen LogP contribution in [0.1, 0.15) is 19.8 Å². The highest BCUT2D eigenvalue weighted by Crippen LogP contribution is 2.28. The molecule has 2 atom stereocenters. The molecule has 1 amide bonds. The summed E-state index contributed by atoms with van der Waals surface area (Å²) in [6.07, 6.45) is 3.72. The van der Waals surface area contributed by atoms with Crippen LogP contribution < -0.4 is 4.90 Å². The lowest BCUT2D eigenvalue weighted by Gasteiger charge is -2.42. The molecule has 0 aromatic carbocycles. The fourth-order valence-corrected chi connectivity index (χ4v) is 3.32. The predicted octanol–water partition coefficient (Wildman–Crippen LogP) is 1.11. The third kappa shape index (κ3) is 3.04. The first kappa shape index (κ1) is 16.2. The molecule has 2 unspecified atom stereocenters. The monoisotopic (exact) mass is 331 g/mol. The van der Waals surface area contributed by atoms with Gasteiger partial charge in [-0.25, -0.2) is 9.97 Å². The second-order valence-electron chi connectivity index (χ2n) is 6.29. The van der Waals surface area contributed by atoms with E-state index in [1.54, 1.807) is 4.90 Å². The summed E-state index contributed by atoms with van der Waals surface area (Å²) in [5.74, 6) is -0.242. The Morgan fingerprint density at radius 3 is 3.00 bits per heavy atom. The van der Waals surface area contributed by atoms with Crippen LogP contribution in [0.25, 0.3) is 11.0 Å². The first-order valence-electron chi connectivity index (χ1n) is 7.98. The summed E-state index contributed by atoms with van der Waals surface area (Å²) in [6, 6.07) is 2.01. The van der Waals surface area contributed by atoms with Gasteiger partial charge < -0.3 is 19.9 Å². The van der Waals surface area contributed by atoms with Crippen molar-refractivity contribution in [1.82, 2.24) is 19.9 Å². The Kier molecular flexibility index (Phi) is 4.37. The number of fused-ring (bicyclic) bond motifs is 1. The summed E-state index contributed by atoms with van der Waals surface area (Å²) < 4.78 is 0. The number of carbonyl (C=O) groups is 2. The number of likely N-dealkylation sites (tertiary alicyclic amines) is 1. The Balaban J connectivity index is 1.82. The molecule has 2 aromatic heterocycles. The van der Waals surface area contributed by atoms with E-state index >= 15 is 0 Å². The fourth-order valence-electron chi connectivity index (χ4n) is 3.32. The number of nitrogens with one attached hydrogen (secondary N) is 1. The van der Waals surface area contributed by atoms with Gasteiger partial charge in [0.2, 0.25) is 5.91 Å². The van der Waals surface area contributed by atoms with Crippen LogP contribution in [0.4, 0.5) is 5.82 Å². The number of carboxylic acid groups (broad SMARTS) is 1. The van der Waals surface area contributed by atoms with E-state index in [0.717, 1.165) is 23.3 Å². The van der Waals surface area contributed by atoms with Crippen molar-refractivity contribution in [3.63, 3.8) is 0 Å². The molecule has 2 N–H and O–H groups in total. The summed E-state index contributed by atoms with van der Waals surface area (Å²) >= 11 is 0. The molecule has 0 saturated carbocycles. The van der Waals surface area contributed by atoms with Crippen molar-refractivity contribution in [3.05, 3.63) is 18.6 Å². The molecule has 2 aromatic rings. The number of aromatic nitrogens is 3. The van der Waals surface area contributed by atoms with Gasteiger partial charge in [0, 0.05) is 26.3 Å². The minimum absolute atomic E-state index is 0.0736. The van der Waals surface area contributed by atoms with Crippen LogP contribution in [0.5, 0.6) is 0 Å². The number of carboxylic acids is 1. The zero-order valence-corrected chi connectivity index (χ0v) is 13.8. The topological polar surface area (TPSA) is 102 Å². The number of carbonyl (C=O) groups excluding carboxylic acids is 1. The molecule has 128 valence electrons. The Morgan fingerprint density at radius 1 is 1.46 bits per heavy atom. The zero-order valence-electron chi connectivity index (χ0n) is 13.8. The number of rotatable bonds is 4. The van der Waals surface area contributed by atoms with Gasteiger partial charge >= 0.3 is 5.97 Å². The number of nitrogens with zero attached hydrogens (tertiary/aromatic N) is 4. The second kappa shape index (κ2) is 6.46. The SMILES string of the molecule is CC1CCN(C(=O)CC(=O)O)CC1N(C)c1ncnc2[nH]ccc12. The highest BCUT2D eigenvalue weighted by atomic mass is 16.4. The molecule has 0 spiro atoms. The number of H-pyrrole nitrogens is 1. The molecule has 3 rings (SSSR count). The molecule has 1 fully saturated rings. The van der Waals surface area contributed by atoms with Gasteiger partial charge in [0.1, 0.15) is 24.2 Å². The van der Waals surface area contributed by atoms with Crippen LogP contribution in [-0.2, 0) is 9.59 Å². The minimum Gasteiger partial charge on any atom is -0.481 e. The third-order valence-corrected chi connectivity index (χ3v) is 4.74. The van der Waals surface area contributed by atoms with Gasteiger partial charge in [-0.3, -0.25) is 9.59 Å². The van der Waals surface area contributed by atoms with E-state index in [1.807, 2.05) is 19.3 Å². The standard InChI is InChI=1S/C16H21N5O3/c1-10-4-6-21(13(22)7-14(23)24)8-12(10)20(2)16-11-3-5-17-15(11)18-9-19-16/h3,5,9-10,12H,4,6-8H2,1-2H3,(H,23,24)(H,17,18,19). The number of hydrogen-bond donors (Lipinski definition) is 2. The van der Waals surface area contributed by atoms with E-state index in [1.165, 1.54) is 6.33 Å². The molecule has 0 bridgehead atoms. The Bertz CT molecular complexity index is 759. The molecule has 0 aliphatic carbocycles. The van der Waals surface area contributed by atoms with Gasteiger partial charge in [-0.05, 0) is 18.4 Å². The first-order valence-corrected chi connectivity index (χ1v) is 7.98. The third-order valence-electron chi connectivity index (χ3n) is 4.74. The summed E-state index contributed by atoms with van der Waals surface area (Å²) in [6.45, 7) is 3.25. The van der Waals surface area contributed by atoms with Gasteiger partial charge in [-0.2, -0.15) is 0 Å². The number of hydrogen-bond acceptors (Lipinski definition) is 5. The van der Waals surface area contributed by atoms with Gasteiger partial charge in [0.05, 0.1) is 11.4 Å². The van der Waals surface area contributed by atoms with Gasteiger partial charge in [0.15, 0.2) is 0 Å². The van der Waals surface area contributed by atoms with Crippen LogP contribution in [0.2, 0.25) is 0 Å². The summed E-state index contributed by atoms with van der Waals surface area (Å²) in [5, 5.41) is 9.77. The summed E-state index contributed by atoms with van der Waals surface area (Å²) in [7, 11) is 1.96. The highest BCUT2D eigenvalue weighted by Gasteiger charge is 2.33. The molecule has 3 heterocycles. The smallest absolute Gasteiger partial charge is 0.312 e. The molecule has 1 aliphatic heterocycles. The molecule has 1 saturated heterocycles. The molecular weight excluding hydrogens is 310 g/mol. The number of likely N-dealkylation sites (N-methyl/N-ethyl adjacent to an activating group) is 1. The number of aliphatic carboxylic acids is 1. The molecule has 24 heavy (non-hydrogen) atoms. The van der Waals surface area contributed by atoms with Crippen molar-refractivity contribution in [2.24, 2.45) is 5.92 Å². The van der Waals surface area contributed by atoms with Crippen molar-refractivity contribution in [2.75, 3.05) is 25.0 Å². The first-order chi connectivity index (χ1) is 11.5. The Morgan fingerprint density at radius 2 is 2.25 bits per heavy atom. The predicted molar refractivity (Wildman–Crippen MR) is 88.7 cm³/mol. The highest BCUT2D eigenvalue weighted by molar-refractivity contribution is 5.93. The number of amides is 1. The van der Waals surface area contributed by atoms with Crippen molar-refractivity contribution in [2.45, 2.75) is 25.8 Å². The minimum atomic E-state index is -1.09. The van der Waals surface area contributed by atoms with Gasteiger partial charge in [0.25, 0.3) is 0 Å². The summed E-state index contributed by atoms with van der Waals surface area (Å²) in [4.78, 5) is 38.3. The van der Waals surface area contributed by atoms with Crippen molar-refractivity contribution < 1.29 is 14.7 Å². The van der Waals surface area contributed by atoms with E-state index in [4.69, 9.17) is 5.11 Å². The maximum absolute atomic E-state index is 12.1. The summed E-state index contributed by atoms with van der Waals surface area (Å²) in [5.41, 5.74) is 0.772. The normalized spacial score (nSPS) is 21.0. The second-order valence-corrected chi connectivity index (χ2v) is 6.29. The molecule has 1 aliphatic rings. The molecule has 8 nitrogen and oxygen atoms in total. The van der Waals surface area contributed by atoms with E-state index in [-0.39, 0.29) is 11.9 Å². The molecule has 8 heteroatoms. The largest absolute Gasteiger partial charge is 0.481 e. The van der Waals surface area contributed by atoms with Gasteiger partial charge in [-0.1, -0.05) is 6.92 Å². The van der Waals surface area contributed by atoms with E-state index < -0.39 is 12.4 Å². The van der Waals surface area contributed by atoms with E-state index in [0.29, 0.717) is 19.0 Å². The van der Waals surface area contributed by atoms with Crippen molar-refractivity contribution >= 4 is 28.7 Å². The zero-order chi connectivity index (χ0) is 17.3. The molecular formula is C16H21N5O3. The van der Waals surface area contributed by atoms with Gasteiger partial charge in [-0.15, -0.1) is 0 Å². The lowest BCUT2D eigenvalue weighted by molar-refractivity contribution is -0.144. The van der Waals surface area contributed by atoms with Crippen LogP contribution in [0.15, 0.2) is 18.6 Å². The average Bonchev–Trinajstić information content (AvgIpc) is 3.02. The van der Waals surface area contributed by atoms with Crippen LogP contribution >= 0.6 is 0 Å². The Hall–Kier alpha value is -2.64. The van der Waals surface area contributed by atoms with Crippen LogP contribution in [0, 0.1) is 5.92 Å². The fraction of sp³-hybridized carbons (Fsp3) is 0.500. The quantitative estimate of drug-likeness (QED) is 0.814. The lowest BCUT2D eigenvalue weighted by atomic mass is 9.92. The van der Waals surface area contributed by atoms with E-state index in [9.17, 15) is 9.59 Å². The van der Waals surface area contributed by atoms with E-state index in [2.05, 4.69) is 26.8 Å². The average molecular weight is 331 g/mol. The van der Waals surface area contributed by atoms with Crippen LogP contribution in [0.3, 0.4) is 0 Å². The Labute approximate surface area is 139 Å². The maximum Gasteiger partial charge on any atom is 0.312 e. The maximum atomic E-state index is 12.1. The van der Waals surface area contributed by atoms with Crippen molar-refractivity contribution in [1.29, 1.82) is 0 Å². The number of piperidine rings is 1. The van der Waals surface area contributed by atoms with Crippen molar-refractivity contribution in [3.8, 4) is 0 Å².